The largest absolute Gasteiger partial charge is 0.450 e. The molecule has 1 aliphatic heterocycles. The van der Waals surface area contributed by atoms with E-state index in [1.54, 1.807) is 25.1 Å². The van der Waals surface area contributed by atoms with Gasteiger partial charge in [-0.2, -0.15) is 0 Å². The number of fused-ring (bicyclic) bond motifs is 2. The summed E-state index contributed by atoms with van der Waals surface area (Å²) < 4.78 is 6.56. The molecule has 1 atom stereocenters. The van der Waals surface area contributed by atoms with Crippen LogP contribution in [-0.2, 0) is 0 Å². The van der Waals surface area contributed by atoms with Crippen LogP contribution >= 0.6 is 27.3 Å². The molecule has 4 aromatic rings. The molecule has 0 spiro atoms. The second kappa shape index (κ2) is 7.96. The Hall–Kier alpha value is -3.70. The third-order valence-corrected chi connectivity index (χ3v) is 7.31. The number of hydrogen-bond acceptors (Lipinski definition) is 8. The molecule has 0 saturated carbocycles. The van der Waals surface area contributed by atoms with Gasteiger partial charge in [-0.3, -0.25) is 29.4 Å². The van der Waals surface area contributed by atoms with Crippen molar-refractivity contribution < 1.29 is 18.9 Å². The fourth-order valence-corrected chi connectivity index (χ4v) is 5.40. The minimum Gasteiger partial charge on any atom is -0.450 e. The molecule has 0 fully saturated rings. The summed E-state index contributed by atoms with van der Waals surface area (Å²) in [6.07, 6.45) is 0. The lowest BCUT2D eigenvalue weighted by Gasteiger charge is -2.22. The number of amides is 1. The smallest absolute Gasteiger partial charge is 0.297 e. The molecule has 11 heteroatoms. The van der Waals surface area contributed by atoms with Gasteiger partial charge in [-0.15, -0.1) is 0 Å². The van der Waals surface area contributed by atoms with E-state index in [1.165, 1.54) is 36.1 Å². The number of benzene rings is 2. The van der Waals surface area contributed by atoms with Crippen molar-refractivity contribution >= 4 is 60.7 Å². The number of halogens is 1. The SMILES string of the molecule is CC(=O)c1sc(N2C(=O)c3oc4ccc(Br)cc4c(=O)c3C2c2ccc([N+](=O)[O-])cc2)nc1C. The van der Waals surface area contributed by atoms with E-state index >= 15 is 0 Å². The van der Waals surface area contributed by atoms with Crippen LogP contribution in [0.4, 0.5) is 10.8 Å². The minimum absolute atomic E-state index is 0.113. The zero-order valence-electron chi connectivity index (χ0n) is 17.7. The first-order valence-electron chi connectivity index (χ1n) is 10.00. The Morgan fingerprint density at radius 3 is 2.53 bits per heavy atom. The highest BCUT2D eigenvalue weighted by molar-refractivity contribution is 9.10. The van der Waals surface area contributed by atoms with Gasteiger partial charge >= 0.3 is 0 Å². The van der Waals surface area contributed by atoms with Gasteiger partial charge < -0.3 is 4.42 Å². The van der Waals surface area contributed by atoms with Crippen LogP contribution in [0.25, 0.3) is 11.0 Å². The summed E-state index contributed by atoms with van der Waals surface area (Å²) in [5.74, 6) is -0.897. The number of non-ortho nitro benzene ring substituents is 1. The van der Waals surface area contributed by atoms with E-state index in [9.17, 15) is 24.5 Å². The molecule has 2 aromatic carbocycles. The van der Waals surface area contributed by atoms with Gasteiger partial charge in [0.05, 0.1) is 32.5 Å². The molecule has 0 N–H and O–H groups in total. The molecular weight excluding hydrogens is 526 g/mol. The van der Waals surface area contributed by atoms with E-state index in [0.29, 0.717) is 20.6 Å². The molecule has 34 heavy (non-hydrogen) atoms. The molecule has 1 aliphatic rings. The van der Waals surface area contributed by atoms with Gasteiger partial charge in [0.15, 0.2) is 16.3 Å². The van der Waals surface area contributed by atoms with Gasteiger partial charge in [-0.1, -0.05) is 27.3 Å². The first kappa shape index (κ1) is 22.1. The monoisotopic (exact) mass is 539 g/mol. The summed E-state index contributed by atoms with van der Waals surface area (Å²) in [5.41, 5.74) is 0.782. The Labute approximate surface area is 203 Å². The van der Waals surface area contributed by atoms with Crippen LogP contribution in [0.2, 0.25) is 0 Å². The summed E-state index contributed by atoms with van der Waals surface area (Å²) >= 11 is 4.39. The fraction of sp³-hybridized carbons (Fsp3) is 0.130. The van der Waals surface area contributed by atoms with Crippen molar-refractivity contribution in [1.82, 2.24) is 4.98 Å². The number of Topliss-reactive ketones (excluding diaryl/α,β-unsaturated/α-hetero) is 1. The Kier molecular flexibility index (Phi) is 5.18. The minimum atomic E-state index is -0.937. The van der Waals surface area contributed by atoms with Crippen LogP contribution in [0.5, 0.6) is 0 Å². The molecular formula is C23H14BrN3O6S. The Balaban J connectivity index is 1.79. The highest BCUT2D eigenvalue weighted by Gasteiger charge is 2.45. The van der Waals surface area contributed by atoms with Crippen LogP contribution < -0.4 is 10.3 Å². The van der Waals surface area contributed by atoms with Crippen molar-refractivity contribution in [3.63, 3.8) is 0 Å². The standard InChI is InChI=1S/C23H14BrN3O6S/c1-10-21(11(2)28)34-23(25-10)26-18(12-3-6-14(7-4-12)27(31)32)17-19(29)15-9-13(24)5-8-16(15)33-20(17)22(26)30/h3-9,18H,1-2H3. The number of ketones is 1. The average Bonchev–Trinajstić information content (AvgIpc) is 3.32. The van der Waals surface area contributed by atoms with Crippen molar-refractivity contribution in [3.8, 4) is 0 Å². The number of aromatic nitrogens is 1. The lowest BCUT2D eigenvalue weighted by Crippen LogP contribution is -2.29. The van der Waals surface area contributed by atoms with Crippen molar-refractivity contribution in [2.45, 2.75) is 19.9 Å². The van der Waals surface area contributed by atoms with E-state index in [-0.39, 0.29) is 38.9 Å². The van der Waals surface area contributed by atoms with Crippen LogP contribution in [0, 0.1) is 17.0 Å². The van der Waals surface area contributed by atoms with Crippen LogP contribution in [0.15, 0.2) is 56.1 Å². The van der Waals surface area contributed by atoms with Gasteiger partial charge in [-0.05, 0) is 42.8 Å². The predicted octanol–water partition coefficient (Wildman–Crippen LogP) is 5.18. The summed E-state index contributed by atoms with van der Waals surface area (Å²) in [6.45, 7) is 3.08. The van der Waals surface area contributed by atoms with E-state index in [0.717, 1.165) is 11.3 Å². The van der Waals surface area contributed by atoms with Crippen LogP contribution in [-0.4, -0.2) is 21.6 Å². The summed E-state index contributed by atoms with van der Waals surface area (Å²) in [4.78, 5) is 55.9. The summed E-state index contributed by atoms with van der Waals surface area (Å²) in [6, 6.07) is 9.58. The van der Waals surface area contributed by atoms with E-state index in [2.05, 4.69) is 20.9 Å². The maximum atomic E-state index is 13.6. The molecule has 0 saturated heterocycles. The Bertz CT molecular complexity index is 1590. The molecule has 3 heterocycles. The van der Waals surface area contributed by atoms with E-state index in [4.69, 9.17) is 4.42 Å². The maximum Gasteiger partial charge on any atom is 0.297 e. The lowest BCUT2D eigenvalue weighted by atomic mass is 9.98. The Morgan fingerprint density at radius 2 is 1.91 bits per heavy atom. The number of carbonyl (C=O) groups is 2. The number of hydrogen-bond donors (Lipinski definition) is 0. The average molecular weight is 540 g/mol. The second-order valence-corrected chi connectivity index (χ2v) is 9.60. The second-order valence-electron chi connectivity index (χ2n) is 7.71. The number of thiazole rings is 1. The first-order valence-corrected chi connectivity index (χ1v) is 11.6. The quantitative estimate of drug-likeness (QED) is 0.199. The number of nitrogens with zero attached hydrogens (tertiary/aromatic N) is 3. The van der Waals surface area contributed by atoms with Crippen LogP contribution in [0.1, 0.15) is 50.0 Å². The highest BCUT2D eigenvalue weighted by atomic mass is 79.9. The maximum absolute atomic E-state index is 13.6. The van der Waals surface area contributed by atoms with Crippen molar-refractivity contribution in [1.29, 1.82) is 0 Å². The van der Waals surface area contributed by atoms with Gasteiger partial charge in [0.1, 0.15) is 5.58 Å². The molecule has 170 valence electrons. The molecule has 0 bridgehead atoms. The molecule has 2 aromatic heterocycles. The molecule has 1 unspecified atom stereocenters. The highest BCUT2D eigenvalue weighted by Crippen LogP contribution is 2.43. The fourth-order valence-electron chi connectivity index (χ4n) is 4.05. The molecule has 5 rings (SSSR count). The zero-order valence-corrected chi connectivity index (χ0v) is 20.1. The van der Waals surface area contributed by atoms with E-state index < -0.39 is 22.3 Å². The molecule has 0 radical (unpaired) electrons. The van der Waals surface area contributed by atoms with Gasteiger partial charge in [0.25, 0.3) is 11.6 Å². The summed E-state index contributed by atoms with van der Waals surface area (Å²) in [5, 5.41) is 11.7. The number of nitro groups is 1. The number of rotatable bonds is 4. The van der Waals surface area contributed by atoms with Gasteiger partial charge in [0.2, 0.25) is 5.76 Å². The number of anilines is 1. The predicted molar refractivity (Wildman–Crippen MR) is 129 cm³/mol. The topological polar surface area (TPSA) is 124 Å². The number of nitro benzene ring substituents is 1. The third kappa shape index (κ3) is 3.35. The first-order chi connectivity index (χ1) is 16.2. The number of carbonyl (C=O) groups excluding carboxylic acids is 2. The molecule has 0 aliphatic carbocycles. The van der Waals surface area contributed by atoms with Crippen molar-refractivity contribution in [3.05, 3.63) is 94.7 Å². The van der Waals surface area contributed by atoms with Crippen LogP contribution in [0.3, 0.4) is 0 Å². The lowest BCUT2D eigenvalue weighted by molar-refractivity contribution is -0.384. The normalized spacial score (nSPS) is 15.1. The molecule has 1 amide bonds. The summed E-state index contributed by atoms with van der Waals surface area (Å²) in [7, 11) is 0. The van der Waals surface area contributed by atoms with Gasteiger partial charge in [0, 0.05) is 23.5 Å². The van der Waals surface area contributed by atoms with Crippen molar-refractivity contribution in [2.24, 2.45) is 0 Å². The number of aryl methyl sites for hydroxylation is 1. The third-order valence-electron chi connectivity index (χ3n) is 5.56. The van der Waals surface area contributed by atoms with Gasteiger partial charge in [-0.25, -0.2) is 4.98 Å². The Morgan fingerprint density at radius 1 is 1.21 bits per heavy atom. The van der Waals surface area contributed by atoms with E-state index in [1.807, 2.05) is 0 Å². The zero-order chi connectivity index (χ0) is 24.3. The van der Waals surface area contributed by atoms with Crippen molar-refractivity contribution in [2.75, 3.05) is 4.90 Å². The molecule has 9 nitrogen and oxygen atoms in total.